The molecule has 0 saturated carbocycles. The number of carbonyl (C=O) groups is 3. The van der Waals surface area contributed by atoms with Crippen molar-refractivity contribution in [1.29, 1.82) is 0 Å². The van der Waals surface area contributed by atoms with Gasteiger partial charge in [-0.25, -0.2) is 0 Å². The fraction of sp³-hybridized carbons (Fsp3) is 0.939. The topological polar surface area (TPSA) is 78.9 Å². The molecule has 6 nitrogen and oxygen atoms in total. The van der Waals surface area contributed by atoms with E-state index in [-0.39, 0.29) is 31.1 Å². The summed E-state index contributed by atoms with van der Waals surface area (Å²) in [6.07, 6.45) is 40.8. The van der Waals surface area contributed by atoms with Crippen molar-refractivity contribution in [1.82, 2.24) is 0 Å². The lowest BCUT2D eigenvalue weighted by Gasteiger charge is -2.18. The van der Waals surface area contributed by atoms with Crippen molar-refractivity contribution in [2.45, 2.75) is 272 Å². The summed E-state index contributed by atoms with van der Waals surface area (Å²) < 4.78 is 16.8. The zero-order chi connectivity index (χ0) is 40.5. The maximum absolute atomic E-state index is 12.7. The Morgan fingerprint density at radius 1 is 0.382 bits per heavy atom. The van der Waals surface area contributed by atoms with E-state index >= 15 is 0 Å². The summed E-state index contributed by atoms with van der Waals surface area (Å²) in [4.78, 5) is 37.8. The second-order valence-electron chi connectivity index (χ2n) is 17.5. The highest BCUT2D eigenvalue weighted by Crippen LogP contribution is 2.17. The van der Waals surface area contributed by atoms with Gasteiger partial charge in [-0.15, -0.1) is 0 Å². The van der Waals surface area contributed by atoms with Gasteiger partial charge >= 0.3 is 17.9 Å². The van der Waals surface area contributed by atoms with Gasteiger partial charge in [0.05, 0.1) is 0 Å². The number of ether oxygens (including phenoxy) is 3. The van der Waals surface area contributed by atoms with Crippen molar-refractivity contribution in [3.63, 3.8) is 0 Å². The molecule has 0 bridgehead atoms. The Morgan fingerprint density at radius 3 is 1.04 bits per heavy atom. The zero-order valence-corrected chi connectivity index (χ0v) is 37.6. The lowest BCUT2D eigenvalue weighted by Crippen LogP contribution is -2.30. The summed E-state index contributed by atoms with van der Waals surface area (Å²) in [7, 11) is 0. The van der Waals surface area contributed by atoms with Crippen LogP contribution in [0.5, 0.6) is 0 Å². The predicted octanol–water partition coefficient (Wildman–Crippen LogP) is 15.4. The van der Waals surface area contributed by atoms with Crippen molar-refractivity contribution in [2.75, 3.05) is 13.2 Å². The normalized spacial score (nSPS) is 12.5. The Morgan fingerprint density at radius 2 is 0.691 bits per heavy atom. The van der Waals surface area contributed by atoms with Crippen LogP contribution in [0.15, 0.2) is 0 Å². The molecule has 0 aromatic heterocycles. The van der Waals surface area contributed by atoms with Crippen molar-refractivity contribution in [3.05, 3.63) is 0 Å². The lowest BCUT2D eigenvalue weighted by molar-refractivity contribution is -0.167. The highest BCUT2D eigenvalue weighted by atomic mass is 16.6. The van der Waals surface area contributed by atoms with E-state index in [2.05, 4.69) is 34.6 Å². The van der Waals surface area contributed by atoms with Gasteiger partial charge in [-0.1, -0.05) is 227 Å². The van der Waals surface area contributed by atoms with Crippen LogP contribution >= 0.6 is 0 Å². The number of rotatable bonds is 43. The minimum Gasteiger partial charge on any atom is -0.462 e. The van der Waals surface area contributed by atoms with E-state index < -0.39 is 6.10 Å². The van der Waals surface area contributed by atoms with Gasteiger partial charge in [0, 0.05) is 19.3 Å². The van der Waals surface area contributed by atoms with Gasteiger partial charge in [0.15, 0.2) is 6.10 Å². The Hall–Kier alpha value is -1.59. The molecule has 55 heavy (non-hydrogen) atoms. The predicted molar refractivity (Wildman–Crippen MR) is 233 cm³/mol. The summed E-state index contributed by atoms with van der Waals surface area (Å²) in [6, 6.07) is 0. The molecule has 0 aliphatic heterocycles. The van der Waals surface area contributed by atoms with Crippen LogP contribution in [0.3, 0.4) is 0 Å². The molecule has 0 aromatic rings. The minimum atomic E-state index is -0.761. The highest BCUT2D eigenvalue weighted by Gasteiger charge is 2.19. The Bertz CT molecular complexity index is 841. The number of carbonyl (C=O) groups excluding carboxylic acids is 3. The maximum Gasteiger partial charge on any atom is 0.306 e. The summed E-state index contributed by atoms with van der Waals surface area (Å²) in [5.41, 5.74) is 0. The van der Waals surface area contributed by atoms with Gasteiger partial charge in [0.2, 0.25) is 0 Å². The van der Waals surface area contributed by atoms with Crippen molar-refractivity contribution in [2.24, 2.45) is 11.8 Å². The van der Waals surface area contributed by atoms with Crippen LogP contribution in [0.4, 0.5) is 0 Å². The largest absolute Gasteiger partial charge is 0.462 e. The second-order valence-corrected chi connectivity index (χ2v) is 17.5. The molecule has 0 heterocycles. The van der Waals surface area contributed by atoms with Crippen molar-refractivity contribution >= 4 is 17.9 Å². The summed E-state index contributed by atoms with van der Waals surface area (Å²) >= 11 is 0. The van der Waals surface area contributed by atoms with E-state index in [9.17, 15) is 14.4 Å². The third kappa shape index (κ3) is 41.9. The monoisotopic (exact) mass is 779 g/mol. The maximum atomic E-state index is 12.7. The Labute approximate surface area is 342 Å². The van der Waals surface area contributed by atoms with Crippen LogP contribution in [-0.2, 0) is 28.6 Å². The van der Waals surface area contributed by atoms with Crippen molar-refractivity contribution in [3.8, 4) is 0 Å². The molecule has 0 saturated heterocycles. The molecular formula is C49H94O6. The number of hydrogen-bond acceptors (Lipinski definition) is 6. The molecule has 0 aliphatic rings. The average molecular weight is 779 g/mol. The molecule has 1 unspecified atom stereocenters. The van der Waals surface area contributed by atoms with Gasteiger partial charge in [-0.3, -0.25) is 14.4 Å². The first-order valence-electron chi connectivity index (χ1n) is 24.3. The molecule has 0 rings (SSSR count). The van der Waals surface area contributed by atoms with E-state index in [0.717, 1.165) is 69.6 Å². The lowest BCUT2D eigenvalue weighted by atomic mass is 9.99. The molecule has 0 aromatic carbocycles. The molecule has 0 N–H and O–H groups in total. The smallest absolute Gasteiger partial charge is 0.306 e. The van der Waals surface area contributed by atoms with E-state index in [1.165, 1.54) is 154 Å². The minimum absolute atomic E-state index is 0.0651. The summed E-state index contributed by atoms with van der Waals surface area (Å²) in [5, 5.41) is 0. The molecule has 0 fully saturated rings. The molecule has 0 radical (unpaired) electrons. The molecule has 326 valence electrons. The van der Waals surface area contributed by atoms with Crippen LogP contribution in [0.25, 0.3) is 0 Å². The summed E-state index contributed by atoms with van der Waals surface area (Å²) in [5.74, 6) is 0.789. The van der Waals surface area contributed by atoms with Gasteiger partial charge in [0.1, 0.15) is 13.2 Å². The van der Waals surface area contributed by atoms with Gasteiger partial charge in [0.25, 0.3) is 0 Å². The third-order valence-electron chi connectivity index (χ3n) is 11.3. The molecule has 0 amide bonds. The van der Waals surface area contributed by atoms with Crippen LogP contribution in [0.1, 0.15) is 266 Å². The average Bonchev–Trinajstić information content (AvgIpc) is 3.17. The molecule has 6 heteroatoms. The fourth-order valence-electron chi connectivity index (χ4n) is 7.25. The fourth-order valence-corrected chi connectivity index (χ4v) is 7.25. The van der Waals surface area contributed by atoms with E-state index in [0.29, 0.717) is 19.3 Å². The summed E-state index contributed by atoms with van der Waals surface area (Å²) in [6.45, 7) is 11.3. The van der Waals surface area contributed by atoms with Crippen LogP contribution < -0.4 is 0 Å². The van der Waals surface area contributed by atoms with E-state index in [1.54, 1.807) is 0 Å². The standard InChI is InChI=1S/C49H94O6/c1-6-8-9-10-11-12-13-14-15-16-17-26-31-36-41-49(52)55-46(42-53-47(50)39-34-29-24-20-18-22-27-32-37-44(3)4)43-54-48(51)40-35-30-25-21-19-23-28-33-38-45(5)7-2/h44-46H,6-43H2,1-5H3/t45?,46-/m0/s1. The third-order valence-corrected chi connectivity index (χ3v) is 11.3. The van der Waals surface area contributed by atoms with Crippen LogP contribution in [0, 0.1) is 11.8 Å². The first-order valence-corrected chi connectivity index (χ1v) is 24.3. The number of esters is 3. The quantitative estimate of drug-likeness (QED) is 0.0348. The van der Waals surface area contributed by atoms with E-state index in [1.807, 2.05) is 0 Å². The molecule has 2 atom stereocenters. The van der Waals surface area contributed by atoms with Gasteiger partial charge in [-0.2, -0.15) is 0 Å². The van der Waals surface area contributed by atoms with Crippen LogP contribution in [0.2, 0.25) is 0 Å². The van der Waals surface area contributed by atoms with Gasteiger partial charge < -0.3 is 14.2 Å². The SMILES string of the molecule is CCCCCCCCCCCCCCCCC(=O)O[C@@H](COC(=O)CCCCCCCCCCC(C)C)COC(=O)CCCCCCCCCCC(C)CC. The van der Waals surface area contributed by atoms with Crippen LogP contribution in [-0.4, -0.2) is 37.2 Å². The Balaban J connectivity index is 4.34. The van der Waals surface area contributed by atoms with E-state index in [4.69, 9.17) is 14.2 Å². The first kappa shape index (κ1) is 53.4. The molecular weight excluding hydrogens is 685 g/mol. The molecule has 0 spiro atoms. The zero-order valence-electron chi connectivity index (χ0n) is 37.6. The highest BCUT2D eigenvalue weighted by molar-refractivity contribution is 5.71. The van der Waals surface area contributed by atoms with Crippen molar-refractivity contribution < 1.29 is 28.6 Å². The first-order chi connectivity index (χ1) is 26.8. The molecule has 0 aliphatic carbocycles. The van der Waals surface area contributed by atoms with Gasteiger partial charge in [-0.05, 0) is 31.1 Å². The second kappa shape index (κ2) is 42.0. The number of hydrogen-bond donors (Lipinski definition) is 0. The Kier molecular flexibility index (Phi) is 40.8. The number of unbranched alkanes of at least 4 members (excludes halogenated alkanes) is 27.